The molecule has 0 fully saturated rings. The first-order valence-corrected chi connectivity index (χ1v) is 12.0. The maximum Gasteiger partial charge on any atom is 0.335 e. The second kappa shape index (κ2) is 10.5. The van der Waals surface area contributed by atoms with E-state index in [-0.39, 0.29) is 5.56 Å². The lowest BCUT2D eigenvalue weighted by molar-refractivity contribution is 0.0697. The fraction of sp³-hybridized carbons (Fsp3) is 0.0938. The highest BCUT2D eigenvalue weighted by Gasteiger charge is 2.14. The fourth-order valence-corrected chi connectivity index (χ4v) is 4.55. The van der Waals surface area contributed by atoms with Gasteiger partial charge in [0.1, 0.15) is 0 Å². The highest BCUT2D eigenvalue weighted by molar-refractivity contribution is 5.88. The monoisotopic (exact) mass is 473 g/mol. The molecule has 5 aromatic rings. The van der Waals surface area contributed by atoms with Gasteiger partial charge in [0.2, 0.25) is 0 Å². The van der Waals surface area contributed by atoms with Gasteiger partial charge in [-0.05, 0) is 62.5 Å². The molecule has 4 heteroatoms. The van der Waals surface area contributed by atoms with Crippen LogP contribution in [0.4, 0.5) is 5.69 Å². The quantitative estimate of drug-likeness (QED) is 0.221. The number of aliphatic hydroxyl groups excluding tert-OH is 1. The molecule has 1 atom stereocenters. The Balaban J connectivity index is 1.43. The molecule has 0 heterocycles. The number of carboxylic acids is 1. The molecule has 0 radical (unpaired) electrons. The van der Waals surface area contributed by atoms with E-state index in [1.54, 1.807) is 24.3 Å². The summed E-state index contributed by atoms with van der Waals surface area (Å²) in [5, 5.41) is 28.5. The Bertz CT molecular complexity index is 1550. The third kappa shape index (κ3) is 5.29. The Labute approximate surface area is 210 Å². The first kappa shape index (κ1) is 23.3. The molecular weight excluding hydrogens is 446 g/mol. The van der Waals surface area contributed by atoms with E-state index in [9.17, 15) is 15.0 Å². The first-order valence-electron chi connectivity index (χ1n) is 12.0. The average Bonchev–Trinajstić information content (AvgIpc) is 2.91. The molecule has 0 spiro atoms. The summed E-state index contributed by atoms with van der Waals surface area (Å²) in [5.74, 6) is -0.949. The topological polar surface area (TPSA) is 69.6 Å². The van der Waals surface area contributed by atoms with Crippen LogP contribution in [0.1, 0.15) is 34.0 Å². The average molecular weight is 474 g/mol. The van der Waals surface area contributed by atoms with Gasteiger partial charge in [0.15, 0.2) is 0 Å². The maximum atomic E-state index is 11.3. The molecule has 36 heavy (non-hydrogen) atoms. The third-order valence-corrected chi connectivity index (χ3v) is 6.44. The van der Waals surface area contributed by atoms with Crippen LogP contribution in [0.25, 0.3) is 27.6 Å². The lowest BCUT2D eigenvalue weighted by Crippen LogP contribution is -2.09. The van der Waals surface area contributed by atoms with E-state index in [1.807, 2.05) is 60.7 Å². The number of nitrogens with one attached hydrogen (secondary N) is 1. The fourth-order valence-electron chi connectivity index (χ4n) is 4.55. The van der Waals surface area contributed by atoms with Crippen LogP contribution in [0.3, 0.4) is 0 Å². The van der Waals surface area contributed by atoms with Crippen LogP contribution in [0, 0.1) is 0 Å². The third-order valence-electron chi connectivity index (χ3n) is 6.44. The Morgan fingerprint density at radius 2 is 1.47 bits per heavy atom. The molecule has 178 valence electrons. The number of hydrogen-bond acceptors (Lipinski definition) is 3. The van der Waals surface area contributed by atoms with E-state index < -0.39 is 12.1 Å². The largest absolute Gasteiger partial charge is 0.478 e. The van der Waals surface area contributed by atoms with Crippen LogP contribution >= 0.6 is 0 Å². The zero-order valence-electron chi connectivity index (χ0n) is 19.8. The van der Waals surface area contributed by atoms with Gasteiger partial charge in [0.25, 0.3) is 0 Å². The van der Waals surface area contributed by atoms with E-state index in [0.717, 1.165) is 38.5 Å². The minimum atomic E-state index is -0.949. The van der Waals surface area contributed by atoms with Gasteiger partial charge in [-0.15, -0.1) is 0 Å². The molecule has 0 saturated heterocycles. The van der Waals surface area contributed by atoms with Gasteiger partial charge in [-0.1, -0.05) is 91.0 Å². The van der Waals surface area contributed by atoms with Crippen molar-refractivity contribution in [3.63, 3.8) is 0 Å². The molecule has 1 unspecified atom stereocenters. The van der Waals surface area contributed by atoms with Gasteiger partial charge in [-0.3, -0.25) is 0 Å². The molecule has 3 N–H and O–H groups in total. The predicted molar refractivity (Wildman–Crippen MR) is 147 cm³/mol. The summed E-state index contributed by atoms with van der Waals surface area (Å²) in [6.45, 7) is 0.543. The Morgan fingerprint density at radius 3 is 2.25 bits per heavy atom. The van der Waals surface area contributed by atoms with Crippen molar-refractivity contribution in [3.05, 3.63) is 131 Å². The summed E-state index contributed by atoms with van der Waals surface area (Å²) in [6, 6.07) is 35.4. The summed E-state index contributed by atoms with van der Waals surface area (Å²) in [6.07, 6.45) is 1.78. The van der Waals surface area contributed by atoms with E-state index >= 15 is 0 Å². The van der Waals surface area contributed by atoms with Crippen LogP contribution in [-0.2, 0) is 0 Å². The van der Waals surface area contributed by atoms with Crippen molar-refractivity contribution >= 4 is 39.3 Å². The number of carbonyl (C=O) groups is 1. The van der Waals surface area contributed by atoms with Gasteiger partial charge in [0, 0.05) is 18.7 Å². The van der Waals surface area contributed by atoms with Gasteiger partial charge < -0.3 is 15.5 Å². The summed E-state index contributed by atoms with van der Waals surface area (Å²) < 4.78 is 0. The van der Waals surface area contributed by atoms with E-state index in [0.29, 0.717) is 13.0 Å². The van der Waals surface area contributed by atoms with E-state index in [4.69, 9.17) is 0 Å². The van der Waals surface area contributed by atoms with Crippen molar-refractivity contribution in [2.24, 2.45) is 0 Å². The van der Waals surface area contributed by atoms with Gasteiger partial charge in [-0.2, -0.15) is 0 Å². The molecule has 5 rings (SSSR count). The second-order valence-corrected chi connectivity index (χ2v) is 8.93. The van der Waals surface area contributed by atoms with Crippen molar-refractivity contribution < 1.29 is 15.0 Å². The van der Waals surface area contributed by atoms with Gasteiger partial charge in [-0.25, -0.2) is 4.79 Å². The summed E-state index contributed by atoms with van der Waals surface area (Å²) in [7, 11) is 0. The number of hydrogen-bond donors (Lipinski definition) is 3. The highest BCUT2D eigenvalue weighted by Crippen LogP contribution is 2.29. The molecule has 0 aliphatic rings. The molecule has 4 nitrogen and oxygen atoms in total. The van der Waals surface area contributed by atoms with Crippen molar-refractivity contribution in [1.29, 1.82) is 0 Å². The Morgan fingerprint density at radius 1 is 0.778 bits per heavy atom. The van der Waals surface area contributed by atoms with Crippen molar-refractivity contribution in [1.82, 2.24) is 0 Å². The number of benzene rings is 5. The zero-order chi connectivity index (χ0) is 24.9. The van der Waals surface area contributed by atoms with E-state index in [2.05, 4.69) is 35.6 Å². The summed E-state index contributed by atoms with van der Waals surface area (Å²) in [4.78, 5) is 11.2. The predicted octanol–water partition coefficient (Wildman–Crippen LogP) is 7.31. The smallest absolute Gasteiger partial charge is 0.335 e. The molecule has 0 bridgehead atoms. The van der Waals surface area contributed by atoms with Crippen LogP contribution in [0.2, 0.25) is 0 Å². The molecule has 0 aromatic heterocycles. The molecule has 0 aliphatic carbocycles. The van der Waals surface area contributed by atoms with E-state index in [1.165, 1.54) is 5.39 Å². The number of carboxylic acid groups (broad SMARTS) is 1. The molecule has 0 amide bonds. The standard InChI is InChI=1S/C32H27NO3/c34-31(30-11-5-9-25-7-3-4-10-29(25)30)19-23(18-22-12-14-26(15-13-22)32(35)36)21-33-28-17-16-24-6-1-2-8-27(24)20-28/h1-18,20,31,33-34H,19,21H2,(H,35,36). The maximum absolute atomic E-state index is 11.3. The van der Waals surface area contributed by atoms with Gasteiger partial charge >= 0.3 is 5.97 Å². The first-order chi connectivity index (χ1) is 17.6. The normalized spacial score (nSPS) is 12.5. The van der Waals surface area contributed by atoms with Crippen molar-refractivity contribution in [2.45, 2.75) is 12.5 Å². The second-order valence-electron chi connectivity index (χ2n) is 8.93. The number of aliphatic hydroxyl groups is 1. The lowest BCUT2D eigenvalue weighted by atomic mass is 9.95. The molecule has 0 saturated carbocycles. The Kier molecular flexibility index (Phi) is 6.78. The SMILES string of the molecule is O=C(O)c1ccc(C=C(CNc2ccc3ccccc3c2)CC(O)c2cccc3ccccc23)cc1. The molecule has 0 aliphatic heterocycles. The van der Waals surface area contributed by atoms with Gasteiger partial charge in [0.05, 0.1) is 11.7 Å². The number of fused-ring (bicyclic) bond motifs is 2. The number of anilines is 1. The van der Waals surface area contributed by atoms with Crippen LogP contribution in [0.15, 0.2) is 115 Å². The van der Waals surface area contributed by atoms with Crippen LogP contribution < -0.4 is 5.32 Å². The van der Waals surface area contributed by atoms with Crippen LogP contribution in [0.5, 0.6) is 0 Å². The van der Waals surface area contributed by atoms with Crippen molar-refractivity contribution in [3.8, 4) is 0 Å². The van der Waals surface area contributed by atoms with Crippen LogP contribution in [-0.4, -0.2) is 22.7 Å². The lowest BCUT2D eigenvalue weighted by Gasteiger charge is -2.18. The number of rotatable bonds is 8. The summed E-state index contributed by atoms with van der Waals surface area (Å²) in [5.41, 5.74) is 4.04. The minimum Gasteiger partial charge on any atom is -0.478 e. The van der Waals surface area contributed by atoms with Crippen molar-refractivity contribution in [2.75, 3.05) is 11.9 Å². The molecular formula is C32H27NO3. The highest BCUT2D eigenvalue weighted by atomic mass is 16.4. The molecule has 5 aromatic carbocycles. The minimum absolute atomic E-state index is 0.249. The Hall–Kier alpha value is -4.41. The summed E-state index contributed by atoms with van der Waals surface area (Å²) >= 11 is 0. The zero-order valence-corrected chi connectivity index (χ0v) is 19.8. The number of aromatic carboxylic acids is 1.